The second-order valence-corrected chi connectivity index (χ2v) is 4.33. The zero-order valence-electron chi connectivity index (χ0n) is 8.75. The molecule has 1 saturated heterocycles. The summed E-state index contributed by atoms with van der Waals surface area (Å²) in [7, 11) is 1.90. The summed E-state index contributed by atoms with van der Waals surface area (Å²) in [6.45, 7) is 2.03. The van der Waals surface area contributed by atoms with Crippen LogP contribution in [0.15, 0.2) is 0 Å². The minimum absolute atomic E-state index is 0.0983. The van der Waals surface area contributed by atoms with E-state index in [1.54, 1.807) is 0 Å². The number of likely N-dealkylation sites (N-methyl/N-ethyl adjacent to an activating group) is 1. The summed E-state index contributed by atoms with van der Waals surface area (Å²) in [6, 6.07) is 0.935. The van der Waals surface area contributed by atoms with Crippen LogP contribution < -0.4 is 10.6 Å². The first-order valence-electron chi connectivity index (χ1n) is 5.51. The van der Waals surface area contributed by atoms with Crippen LogP contribution in [0.4, 0.5) is 4.79 Å². The van der Waals surface area contributed by atoms with E-state index in [9.17, 15) is 4.79 Å². The van der Waals surface area contributed by atoms with Crippen LogP contribution in [0.2, 0.25) is 0 Å². The van der Waals surface area contributed by atoms with Gasteiger partial charge in [0, 0.05) is 25.7 Å². The lowest BCUT2D eigenvalue weighted by atomic mass is 10.1. The Balaban J connectivity index is 1.78. The van der Waals surface area contributed by atoms with Gasteiger partial charge in [-0.3, -0.25) is 0 Å². The second-order valence-electron chi connectivity index (χ2n) is 4.33. The molecule has 0 unspecified atom stereocenters. The van der Waals surface area contributed by atoms with Crippen molar-refractivity contribution in [1.82, 2.24) is 15.5 Å². The molecule has 1 aliphatic heterocycles. The summed E-state index contributed by atoms with van der Waals surface area (Å²) in [5, 5.41) is 6.33. The lowest BCUT2D eigenvalue weighted by Crippen LogP contribution is -2.50. The average molecular weight is 197 g/mol. The molecular formula is C10H19N3O. The van der Waals surface area contributed by atoms with Crippen molar-refractivity contribution in [2.24, 2.45) is 0 Å². The van der Waals surface area contributed by atoms with Gasteiger partial charge in [-0.1, -0.05) is 0 Å². The predicted octanol–water partition coefficient (Wildman–Crippen LogP) is 0.542. The summed E-state index contributed by atoms with van der Waals surface area (Å²) >= 11 is 0. The Bertz CT molecular complexity index is 209. The van der Waals surface area contributed by atoms with Gasteiger partial charge in [-0.05, 0) is 32.2 Å². The first-order chi connectivity index (χ1) is 6.77. The van der Waals surface area contributed by atoms with E-state index < -0.39 is 0 Å². The lowest BCUT2D eigenvalue weighted by Gasteiger charge is -2.31. The van der Waals surface area contributed by atoms with Gasteiger partial charge in [0.15, 0.2) is 0 Å². The van der Waals surface area contributed by atoms with E-state index in [0.29, 0.717) is 12.1 Å². The van der Waals surface area contributed by atoms with Crippen LogP contribution in [0.1, 0.15) is 25.7 Å². The largest absolute Gasteiger partial charge is 0.335 e. The van der Waals surface area contributed by atoms with Gasteiger partial charge in [0.25, 0.3) is 0 Å². The summed E-state index contributed by atoms with van der Waals surface area (Å²) in [5.41, 5.74) is 0. The van der Waals surface area contributed by atoms with E-state index >= 15 is 0 Å². The van der Waals surface area contributed by atoms with Crippen molar-refractivity contribution in [3.63, 3.8) is 0 Å². The quantitative estimate of drug-likeness (QED) is 0.678. The van der Waals surface area contributed by atoms with Crippen molar-refractivity contribution in [3.8, 4) is 0 Å². The molecular weight excluding hydrogens is 178 g/mol. The second kappa shape index (κ2) is 4.17. The summed E-state index contributed by atoms with van der Waals surface area (Å²) in [6.07, 6.45) is 4.61. The highest BCUT2D eigenvalue weighted by Gasteiger charge is 2.27. The van der Waals surface area contributed by atoms with Crippen molar-refractivity contribution < 1.29 is 4.79 Å². The zero-order chi connectivity index (χ0) is 9.97. The number of urea groups is 1. The number of piperidine rings is 1. The van der Waals surface area contributed by atoms with Crippen molar-refractivity contribution in [2.45, 2.75) is 37.8 Å². The van der Waals surface area contributed by atoms with Crippen molar-refractivity contribution in [3.05, 3.63) is 0 Å². The van der Waals surface area contributed by atoms with Gasteiger partial charge in [0.1, 0.15) is 0 Å². The first-order valence-corrected chi connectivity index (χ1v) is 5.51. The van der Waals surface area contributed by atoms with Gasteiger partial charge >= 0.3 is 6.03 Å². The highest BCUT2D eigenvalue weighted by molar-refractivity contribution is 5.74. The maximum absolute atomic E-state index is 11.7. The summed E-state index contributed by atoms with van der Waals surface area (Å²) in [4.78, 5) is 13.5. The molecule has 0 aromatic carbocycles. The average Bonchev–Trinajstić information content (AvgIpc) is 3.02. The molecule has 2 aliphatic rings. The summed E-state index contributed by atoms with van der Waals surface area (Å²) in [5.74, 6) is 0. The lowest BCUT2D eigenvalue weighted by molar-refractivity contribution is 0.178. The molecule has 1 saturated carbocycles. The monoisotopic (exact) mass is 197 g/mol. The van der Waals surface area contributed by atoms with Crippen LogP contribution in [-0.2, 0) is 0 Å². The summed E-state index contributed by atoms with van der Waals surface area (Å²) < 4.78 is 0. The van der Waals surface area contributed by atoms with Gasteiger partial charge < -0.3 is 15.5 Å². The number of carbonyl (C=O) groups excluding carboxylic acids is 1. The maximum Gasteiger partial charge on any atom is 0.317 e. The molecule has 14 heavy (non-hydrogen) atoms. The Morgan fingerprint density at radius 1 is 1.43 bits per heavy atom. The SMILES string of the molecule is CN(C(=O)NC1CC1)[C@H]1CCCNC1. The molecule has 1 heterocycles. The Morgan fingerprint density at radius 2 is 2.21 bits per heavy atom. The van der Waals surface area contributed by atoms with E-state index in [4.69, 9.17) is 0 Å². The van der Waals surface area contributed by atoms with Gasteiger partial charge in [-0.2, -0.15) is 0 Å². The fourth-order valence-corrected chi connectivity index (χ4v) is 1.83. The van der Waals surface area contributed by atoms with Crippen LogP contribution >= 0.6 is 0 Å². The Kier molecular flexibility index (Phi) is 2.91. The van der Waals surface area contributed by atoms with Crippen LogP contribution in [-0.4, -0.2) is 43.2 Å². The van der Waals surface area contributed by atoms with Crippen LogP contribution in [0.5, 0.6) is 0 Å². The Morgan fingerprint density at radius 3 is 2.79 bits per heavy atom. The number of hydrogen-bond acceptors (Lipinski definition) is 2. The maximum atomic E-state index is 11.7. The fourth-order valence-electron chi connectivity index (χ4n) is 1.83. The number of rotatable bonds is 2. The van der Waals surface area contributed by atoms with E-state index in [0.717, 1.165) is 32.4 Å². The third-order valence-electron chi connectivity index (χ3n) is 3.04. The molecule has 2 rings (SSSR count). The van der Waals surface area contributed by atoms with Crippen molar-refractivity contribution in [2.75, 3.05) is 20.1 Å². The molecule has 1 atom stereocenters. The number of amides is 2. The molecule has 1 aliphatic carbocycles. The van der Waals surface area contributed by atoms with Crippen molar-refractivity contribution >= 4 is 6.03 Å². The smallest absolute Gasteiger partial charge is 0.317 e. The van der Waals surface area contributed by atoms with Crippen LogP contribution in [0.3, 0.4) is 0 Å². The Labute approximate surface area is 85.0 Å². The molecule has 4 nitrogen and oxygen atoms in total. The molecule has 0 aromatic heterocycles. The fraction of sp³-hybridized carbons (Fsp3) is 0.900. The normalized spacial score (nSPS) is 27.1. The van der Waals surface area contributed by atoms with E-state index in [1.165, 1.54) is 6.42 Å². The third kappa shape index (κ3) is 2.38. The van der Waals surface area contributed by atoms with E-state index in [-0.39, 0.29) is 6.03 Å². The van der Waals surface area contributed by atoms with Crippen LogP contribution in [0, 0.1) is 0 Å². The number of hydrogen-bond donors (Lipinski definition) is 2. The number of nitrogens with zero attached hydrogens (tertiary/aromatic N) is 1. The minimum Gasteiger partial charge on any atom is -0.335 e. The first kappa shape index (κ1) is 9.77. The molecule has 2 fully saturated rings. The minimum atomic E-state index is 0.0983. The molecule has 0 bridgehead atoms. The highest BCUT2D eigenvalue weighted by Crippen LogP contribution is 2.19. The zero-order valence-corrected chi connectivity index (χ0v) is 8.75. The topological polar surface area (TPSA) is 44.4 Å². The molecule has 2 N–H and O–H groups in total. The molecule has 2 amide bonds. The van der Waals surface area contributed by atoms with Crippen LogP contribution in [0.25, 0.3) is 0 Å². The Hall–Kier alpha value is -0.770. The van der Waals surface area contributed by atoms with Gasteiger partial charge in [0.05, 0.1) is 0 Å². The molecule has 4 heteroatoms. The molecule has 0 spiro atoms. The highest BCUT2D eigenvalue weighted by atomic mass is 16.2. The predicted molar refractivity (Wildman–Crippen MR) is 55.2 cm³/mol. The van der Waals surface area contributed by atoms with Crippen molar-refractivity contribution in [1.29, 1.82) is 0 Å². The molecule has 0 radical (unpaired) electrons. The third-order valence-corrected chi connectivity index (χ3v) is 3.04. The standard InChI is InChI=1S/C10H19N3O/c1-13(9-3-2-6-11-7-9)10(14)12-8-4-5-8/h8-9,11H,2-7H2,1H3,(H,12,14)/t9-/m0/s1. The van der Waals surface area contributed by atoms with E-state index in [2.05, 4.69) is 10.6 Å². The molecule has 0 aromatic rings. The number of nitrogens with one attached hydrogen (secondary N) is 2. The van der Waals surface area contributed by atoms with E-state index in [1.807, 2.05) is 11.9 Å². The van der Waals surface area contributed by atoms with Gasteiger partial charge in [-0.15, -0.1) is 0 Å². The van der Waals surface area contributed by atoms with Gasteiger partial charge in [0.2, 0.25) is 0 Å². The van der Waals surface area contributed by atoms with Gasteiger partial charge in [-0.25, -0.2) is 4.79 Å². The molecule has 80 valence electrons. The number of carbonyl (C=O) groups is 1.